The fraction of sp³-hybridized carbons (Fsp3) is 0.0175. The van der Waals surface area contributed by atoms with Crippen molar-refractivity contribution in [3.05, 3.63) is 216 Å². The molecule has 0 saturated carbocycles. The average Bonchev–Trinajstić information content (AvgIpc) is 3.91. The lowest BCUT2D eigenvalue weighted by molar-refractivity contribution is 0.487. The topological polar surface area (TPSA) is 22.4 Å². The molecule has 0 amide bonds. The van der Waals surface area contributed by atoms with Crippen LogP contribution in [0.4, 0.5) is 0 Å². The van der Waals surface area contributed by atoms with Crippen LogP contribution in [0.15, 0.2) is 199 Å². The van der Waals surface area contributed by atoms with Gasteiger partial charge in [-0.1, -0.05) is 133 Å². The van der Waals surface area contributed by atoms with Crippen molar-refractivity contribution in [1.29, 1.82) is 0 Å². The normalized spacial score (nSPS) is 13.7. The summed E-state index contributed by atoms with van der Waals surface area (Å²) in [6, 6.07) is 71.6. The second-order valence-corrected chi connectivity index (χ2v) is 16.3. The van der Waals surface area contributed by atoms with Gasteiger partial charge in [-0.2, -0.15) is 0 Å². The van der Waals surface area contributed by atoms with Gasteiger partial charge < -0.3 is 9.15 Å². The standard InChI is InChI=1S/C57H32O2/c1-2-12-35-30-49-46(28-34(35)11-1)56-44(37-23-25-42-41-17-5-8-21-51(41)59-54(42)32-37)29-38(31-50(56)57(49)47-19-6-3-15-39(47)40-16-4-7-20-48(40)57)36-24-26-52-45(27-36)43-18-9-13-33-14-10-22-53(58-52)55(33)43/h1-32H. The zero-order valence-electron chi connectivity index (χ0n) is 31.8. The summed E-state index contributed by atoms with van der Waals surface area (Å²) in [5.41, 5.74) is 18.6. The highest BCUT2D eigenvalue weighted by Gasteiger charge is 2.52. The van der Waals surface area contributed by atoms with E-state index in [1.54, 1.807) is 0 Å². The van der Waals surface area contributed by atoms with Crippen LogP contribution >= 0.6 is 0 Å². The molecule has 10 aromatic carbocycles. The van der Waals surface area contributed by atoms with Crippen molar-refractivity contribution in [1.82, 2.24) is 0 Å². The molecule has 2 aliphatic carbocycles. The van der Waals surface area contributed by atoms with Gasteiger partial charge in [0.05, 0.1) is 5.41 Å². The number of furan rings is 1. The van der Waals surface area contributed by atoms with E-state index in [9.17, 15) is 0 Å². The van der Waals surface area contributed by atoms with Gasteiger partial charge in [-0.3, -0.25) is 0 Å². The minimum absolute atomic E-state index is 0.530. The Morgan fingerprint density at radius 3 is 1.83 bits per heavy atom. The maximum atomic E-state index is 6.60. The molecule has 0 atom stereocenters. The van der Waals surface area contributed by atoms with Crippen LogP contribution in [0.25, 0.3) is 99.1 Å². The zero-order valence-corrected chi connectivity index (χ0v) is 31.8. The maximum absolute atomic E-state index is 6.60. The van der Waals surface area contributed by atoms with Crippen molar-refractivity contribution in [2.24, 2.45) is 0 Å². The molecule has 1 spiro atoms. The van der Waals surface area contributed by atoms with Gasteiger partial charge in [-0.25, -0.2) is 0 Å². The van der Waals surface area contributed by atoms with Gasteiger partial charge in [-0.05, 0) is 149 Å². The first kappa shape index (κ1) is 31.4. The van der Waals surface area contributed by atoms with E-state index in [1.807, 2.05) is 6.07 Å². The smallest absolute Gasteiger partial charge is 0.136 e. The SMILES string of the molecule is c1ccc2c(c1)-c1ccccc1C21c2cc3ccccc3cc2-c2c(-c3ccc4c(c3)oc3ccccc34)cc(-c3ccc4c(c3)-c3cccc5cccc(c35)O4)cc21. The number of fused-ring (bicyclic) bond motifs is 16. The number of para-hydroxylation sites is 1. The summed E-state index contributed by atoms with van der Waals surface area (Å²) in [7, 11) is 0. The van der Waals surface area contributed by atoms with Gasteiger partial charge in [0.15, 0.2) is 0 Å². The average molecular weight is 749 g/mol. The first-order valence-corrected chi connectivity index (χ1v) is 20.4. The highest BCUT2D eigenvalue weighted by atomic mass is 16.5. The molecule has 11 aromatic rings. The third-order valence-electron chi connectivity index (χ3n) is 13.4. The summed E-state index contributed by atoms with van der Waals surface area (Å²) in [6.07, 6.45) is 0. The molecule has 0 radical (unpaired) electrons. The van der Waals surface area contributed by atoms with Crippen molar-refractivity contribution in [2.75, 3.05) is 0 Å². The van der Waals surface area contributed by atoms with Gasteiger partial charge >= 0.3 is 0 Å². The highest BCUT2D eigenvalue weighted by molar-refractivity contribution is 6.09. The first-order chi connectivity index (χ1) is 29.2. The first-order valence-electron chi connectivity index (χ1n) is 20.4. The lowest BCUT2D eigenvalue weighted by Gasteiger charge is -2.31. The number of ether oxygens (including phenoxy) is 1. The van der Waals surface area contributed by atoms with Crippen LogP contribution in [0.3, 0.4) is 0 Å². The van der Waals surface area contributed by atoms with Crippen LogP contribution in [-0.2, 0) is 5.41 Å². The number of hydrogen-bond donors (Lipinski definition) is 0. The molecule has 0 N–H and O–H groups in total. The molecule has 3 aliphatic rings. The summed E-state index contributed by atoms with van der Waals surface area (Å²) in [5, 5.41) is 7.09. The minimum Gasteiger partial charge on any atom is -0.456 e. The summed E-state index contributed by atoms with van der Waals surface area (Å²) < 4.78 is 13.2. The van der Waals surface area contributed by atoms with Crippen LogP contribution in [-0.4, -0.2) is 0 Å². The highest BCUT2D eigenvalue weighted by Crippen LogP contribution is 2.65. The summed E-state index contributed by atoms with van der Waals surface area (Å²) in [4.78, 5) is 0. The van der Waals surface area contributed by atoms with E-state index < -0.39 is 5.41 Å². The molecular weight excluding hydrogens is 717 g/mol. The maximum Gasteiger partial charge on any atom is 0.136 e. The molecule has 0 bridgehead atoms. The van der Waals surface area contributed by atoms with Crippen LogP contribution in [0, 0.1) is 0 Å². The summed E-state index contributed by atoms with van der Waals surface area (Å²) in [6.45, 7) is 0. The Morgan fingerprint density at radius 1 is 0.322 bits per heavy atom. The van der Waals surface area contributed by atoms with E-state index in [1.165, 1.54) is 71.8 Å². The van der Waals surface area contributed by atoms with Crippen LogP contribution in [0.5, 0.6) is 11.5 Å². The number of hydrogen-bond acceptors (Lipinski definition) is 2. The van der Waals surface area contributed by atoms with Crippen molar-refractivity contribution in [3.63, 3.8) is 0 Å². The van der Waals surface area contributed by atoms with E-state index >= 15 is 0 Å². The Hall–Kier alpha value is -7.68. The van der Waals surface area contributed by atoms with Crippen molar-refractivity contribution < 1.29 is 9.15 Å². The Bertz CT molecular complexity index is 3610. The minimum atomic E-state index is -0.530. The lowest BCUT2D eigenvalue weighted by atomic mass is 9.69. The van der Waals surface area contributed by atoms with Gasteiger partial charge in [0.25, 0.3) is 0 Å². The molecule has 1 aliphatic heterocycles. The number of rotatable bonds is 2. The lowest BCUT2D eigenvalue weighted by Crippen LogP contribution is -2.26. The zero-order chi connectivity index (χ0) is 38.4. The Labute approximate surface area is 340 Å². The van der Waals surface area contributed by atoms with Crippen LogP contribution in [0.1, 0.15) is 22.3 Å². The second-order valence-electron chi connectivity index (χ2n) is 16.3. The summed E-state index contributed by atoms with van der Waals surface area (Å²) >= 11 is 0. The van der Waals surface area contributed by atoms with E-state index in [0.29, 0.717) is 0 Å². The quantitative estimate of drug-likeness (QED) is 0.176. The van der Waals surface area contributed by atoms with Gasteiger partial charge in [0.2, 0.25) is 0 Å². The molecule has 2 heterocycles. The number of benzene rings is 10. The van der Waals surface area contributed by atoms with E-state index in [2.05, 4.69) is 188 Å². The molecule has 59 heavy (non-hydrogen) atoms. The van der Waals surface area contributed by atoms with E-state index in [4.69, 9.17) is 9.15 Å². The molecule has 2 nitrogen and oxygen atoms in total. The van der Waals surface area contributed by atoms with Crippen LogP contribution < -0.4 is 4.74 Å². The predicted molar refractivity (Wildman–Crippen MR) is 241 cm³/mol. The van der Waals surface area contributed by atoms with Gasteiger partial charge in [0.1, 0.15) is 22.7 Å². The molecule has 14 rings (SSSR count). The van der Waals surface area contributed by atoms with Crippen LogP contribution in [0.2, 0.25) is 0 Å². The molecule has 2 heteroatoms. The Morgan fingerprint density at radius 2 is 0.983 bits per heavy atom. The molecule has 0 unspecified atom stereocenters. The van der Waals surface area contributed by atoms with Crippen molar-refractivity contribution in [3.8, 4) is 67.1 Å². The molecule has 0 fully saturated rings. The summed E-state index contributed by atoms with van der Waals surface area (Å²) in [5.74, 6) is 1.79. The molecule has 272 valence electrons. The molecule has 0 saturated heterocycles. The monoisotopic (exact) mass is 748 g/mol. The Balaban J connectivity index is 1.11. The van der Waals surface area contributed by atoms with Crippen molar-refractivity contribution >= 4 is 43.5 Å². The Kier molecular flexibility index (Phi) is 5.99. The molecular formula is C57H32O2. The predicted octanol–water partition coefficient (Wildman–Crippen LogP) is 15.3. The van der Waals surface area contributed by atoms with E-state index in [0.717, 1.165) is 61.1 Å². The fourth-order valence-electron chi connectivity index (χ4n) is 11.0. The van der Waals surface area contributed by atoms with E-state index in [-0.39, 0.29) is 0 Å². The molecule has 1 aromatic heterocycles. The fourth-order valence-corrected chi connectivity index (χ4v) is 11.0. The third kappa shape index (κ3) is 4.05. The second kappa shape index (κ2) is 11.2. The van der Waals surface area contributed by atoms with Gasteiger partial charge in [0, 0.05) is 21.7 Å². The largest absolute Gasteiger partial charge is 0.456 e. The third-order valence-corrected chi connectivity index (χ3v) is 13.4. The van der Waals surface area contributed by atoms with Crippen molar-refractivity contribution in [2.45, 2.75) is 5.41 Å². The van der Waals surface area contributed by atoms with Gasteiger partial charge in [-0.15, -0.1) is 0 Å².